The molecule has 0 fully saturated rings. The van der Waals surface area contributed by atoms with Crippen LogP contribution in [0.2, 0.25) is 0 Å². The lowest BCUT2D eigenvalue weighted by Gasteiger charge is -2.37. The minimum Gasteiger partial charge on any atom is -0.454 e. The van der Waals surface area contributed by atoms with Crippen molar-refractivity contribution in [2.24, 2.45) is 0 Å². The van der Waals surface area contributed by atoms with Crippen molar-refractivity contribution >= 4 is 21.9 Å². The van der Waals surface area contributed by atoms with Gasteiger partial charge in [-0.3, -0.25) is 9.13 Å². The number of benzene rings is 9. The molecule has 0 saturated heterocycles. The Balaban J connectivity index is 1.21. The van der Waals surface area contributed by atoms with Gasteiger partial charge < -0.3 is 4.42 Å². The predicted molar refractivity (Wildman–Crippen MR) is 263 cm³/mol. The van der Waals surface area contributed by atoms with Gasteiger partial charge in [0.05, 0.1) is 16.5 Å². The maximum Gasteiger partial charge on any atom is 0.172 e. The van der Waals surface area contributed by atoms with Crippen molar-refractivity contribution in [3.05, 3.63) is 253 Å². The molecule has 0 bridgehead atoms. The van der Waals surface area contributed by atoms with Crippen LogP contribution in [0.15, 0.2) is 235 Å². The highest BCUT2D eigenvalue weighted by molar-refractivity contribution is 6.21. The molecule has 3 aromatic heterocycles. The zero-order chi connectivity index (χ0) is 43.6. The first-order valence-electron chi connectivity index (χ1n) is 22.2. The van der Waals surface area contributed by atoms with E-state index < -0.39 is 5.41 Å². The summed E-state index contributed by atoms with van der Waals surface area (Å²) in [7, 11) is 0. The smallest absolute Gasteiger partial charge is 0.172 e. The van der Waals surface area contributed by atoms with Crippen LogP contribution in [-0.4, -0.2) is 29.5 Å². The second-order valence-corrected chi connectivity index (χ2v) is 16.6. The normalized spacial score (nSPS) is 12.7. The topological polar surface area (TPSA) is 74.6 Å². The first kappa shape index (κ1) is 37.6. The number of nitrogens with zero attached hydrogens (tertiary/aromatic N) is 6. The van der Waals surface area contributed by atoms with Gasteiger partial charge in [-0.25, -0.2) is 0 Å². The van der Waals surface area contributed by atoms with E-state index in [1.165, 1.54) is 5.56 Å². The van der Waals surface area contributed by atoms with Crippen molar-refractivity contribution in [1.82, 2.24) is 29.5 Å². The van der Waals surface area contributed by atoms with Gasteiger partial charge in [0, 0.05) is 33.3 Å². The average Bonchev–Trinajstić information content (AvgIpc) is 4.14. The molecule has 0 unspecified atom stereocenters. The van der Waals surface area contributed by atoms with Gasteiger partial charge >= 0.3 is 0 Å². The monoisotopic (exact) mass is 846 g/mol. The number of rotatable bonds is 8. The number of para-hydroxylation sites is 2. The summed E-state index contributed by atoms with van der Waals surface area (Å²) in [6.45, 7) is 0. The van der Waals surface area contributed by atoms with Crippen molar-refractivity contribution in [2.75, 3.05) is 0 Å². The van der Waals surface area contributed by atoms with Crippen LogP contribution in [0.3, 0.4) is 0 Å². The lowest BCUT2D eigenvalue weighted by molar-refractivity contribution is 0.668. The quantitative estimate of drug-likeness (QED) is 0.152. The van der Waals surface area contributed by atoms with Gasteiger partial charge in [-0.1, -0.05) is 194 Å². The lowest BCUT2D eigenvalue weighted by atomic mass is 9.63. The summed E-state index contributed by atoms with van der Waals surface area (Å²) < 4.78 is 11.9. The van der Waals surface area contributed by atoms with Gasteiger partial charge in [0.15, 0.2) is 23.3 Å². The molecule has 7 heteroatoms. The van der Waals surface area contributed by atoms with E-state index in [-0.39, 0.29) is 0 Å². The van der Waals surface area contributed by atoms with E-state index in [1.807, 2.05) is 72.8 Å². The summed E-state index contributed by atoms with van der Waals surface area (Å²) in [6, 6.07) is 80.7. The molecule has 0 aliphatic heterocycles. The number of aromatic nitrogens is 6. The van der Waals surface area contributed by atoms with Gasteiger partial charge in [0.25, 0.3) is 0 Å². The second-order valence-electron chi connectivity index (χ2n) is 16.6. The third kappa shape index (κ3) is 5.56. The third-order valence-electron chi connectivity index (χ3n) is 13.1. The molecule has 310 valence electrons. The molecule has 1 aliphatic rings. The standard InChI is InChI=1S/C59H38N6O/c1-7-21-39(22-8-1)55-60-62-57(64(55)43-29-15-5-16-30-43)47-36-35-46-45-33-19-20-34-49(45)59(41-25-11-3-12-26-41,42-27-13-4-14-28-42)50-38-37-48(54-52(50)51(46)53(47)66-54)58-63-61-56(40-23-9-2-10-24-40)65(58)44-31-17-6-18-32-44/h1-38H. The van der Waals surface area contributed by atoms with Gasteiger partial charge in [-0.15, -0.1) is 20.4 Å². The van der Waals surface area contributed by atoms with Crippen LogP contribution in [-0.2, 0) is 5.41 Å². The van der Waals surface area contributed by atoms with E-state index in [1.54, 1.807) is 0 Å². The van der Waals surface area contributed by atoms with Crippen molar-refractivity contribution in [2.45, 2.75) is 5.41 Å². The Bertz CT molecular complexity index is 3690. The average molecular weight is 847 g/mol. The summed E-state index contributed by atoms with van der Waals surface area (Å²) in [4.78, 5) is 0. The van der Waals surface area contributed by atoms with Crippen LogP contribution in [0.4, 0.5) is 0 Å². The zero-order valence-electron chi connectivity index (χ0n) is 35.5. The van der Waals surface area contributed by atoms with Crippen LogP contribution in [0, 0.1) is 0 Å². The highest BCUT2D eigenvalue weighted by atomic mass is 16.3. The molecule has 7 nitrogen and oxygen atoms in total. The van der Waals surface area contributed by atoms with E-state index in [2.05, 4.69) is 167 Å². The fourth-order valence-corrected chi connectivity index (χ4v) is 10.3. The molecule has 12 aromatic rings. The summed E-state index contributed by atoms with van der Waals surface area (Å²) in [5, 5.41) is 21.9. The SMILES string of the molecule is c1ccc(-c2nnc(-c3ccc4c5c3oc3c(-c6nnc(-c7ccccc7)n6-c6ccccc6)ccc(c35)C(c3ccccc3)(c3ccccc3)c3ccccc3-4)n2-c2ccccc2)cc1. The molecule has 0 spiro atoms. The minimum atomic E-state index is -0.765. The number of fused-ring (bicyclic) bond motifs is 2. The Morgan fingerprint density at radius 2 is 0.697 bits per heavy atom. The maximum absolute atomic E-state index is 7.61. The van der Waals surface area contributed by atoms with Gasteiger partial charge in [0.1, 0.15) is 11.2 Å². The first-order valence-corrected chi connectivity index (χ1v) is 22.2. The highest BCUT2D eigenvalue weighted by Gasteiger charge is 2.45. The number of hydrogen-bond donors (Lipinski definition) is 0. The summed E-state index contributed by atoms with van der Waals surface area (Å²) in [6.07, 6.45) is 0. The van der Waals surface area contributed by atoms with Gasteiger partial charge in [-0.05, 0) is 69.8 Å². The van der Waals surface area contributed by atoms with Gasteiger partial charge in [0.2, 0.25) is 0 Å². The molecule has 0 atom stereocenters. The van der Waals surface area contributed by atoms with Crippen LogP contribution in [0.1, 0.15) is 22.3 Å². The van der Waals surface area contributed by atoms with Crippen molar-refractivity contribution in [3.63, 3.8) is 0 Å². The molecular formula is C59H38N6O. The van der Waals surface area contributed by atoms with Crippen molar-refractivity contribution in [1.29, 1.82) is 0 Å². The fraction of sp³-hybridized carbons (Fsp3) is 0.0169. The van der Waals surface area contributed by atoms with Crippen molar-refractivity contribution in [3.8, 4) is 68.1 Å². The molecule has 66 heavy (non-hydrogen) atoms. The van der Waals surface area contributed by atoms with E-state index in [4.69, 9.17) is 24.8 Å². The molecule has 0 saturated carbocycles. The fourth-order valence-electron chi connectivity index (χ4n) is 10.3. The molecule has 3 heterocycles. The molecule has 0 N–H and O–H groups in total. The van der Waals surface area contributed by atoms with E-state index >= 15 is 0 Å². The Morgan fingerprint density at radius 1 is 0.303 bits per heavy atom. The summed E-state index contributed by atoms with van der Waals surface area (Å²) in [5.41, 5.74) is 12.8. The molecule has 0 radical (unpaired) electrons. The minimum absolute atomic E-state index is 0.666. The third-order valence-corrected chi connectivity index (χ3v) is 13.1. The molecular weight excluding hydrogens is 809 g/mol. The van der Waals surface area contributed by atoms with E-state index in [0.717, 1.165) is 83.9 Å². The summed E-state index contributed by atoms with van der Waals surface area (Å²) >= 11 is 0. The Labute approximate surface area is 380 Å². The Kier molecular flexibility index (Phi) is 8.61. The Hall–Kier alpha value is -8.94. The van der Waals surface area contributed by atoms with Crippen LogP contribution in [0.5, 0.6) is 0 Å². The van der Waals surface area contributed by atoms with Crippen LogP contribution < -0.4 is 0 Å². The highest BCUT2D eigenvalue weighted by Crippen LogP contribution is 2.57. The predicted octanol–water partition coefficient (Wildman–Crippen LogP) is 13.8. The summed E-state index contributed by atoms with van der Waals surface area (Å²) in [5.74, 6) is 2.80. The van der Waals surface area contributed by atoms with E-state index in [9.17, 15) is 0 Å². The van der Waals surface area contributed by atoms with Crippen molar-refractivity contribution < 1.29 is 4.42 Å². The molecule has 1 aliphatic carbocycles. The Morgan fingerprint density at radius 3 is 1.21 bits per heavy atom. The van der Waals surface area contributed by atoms with Crippen LogP contribution in [0.25, 0.3) is 90.0 Å². The lowest BCUT2D eigenvalue weighted by Crippen LogP contribution is -2.31. The largest absolute Gasteiger partial charge is 0.454 e. The second kappa shape index (κ2) is 15.1. The zero-order valence-corrected chi connectivity index (χ0v) is 35.5. The number of furan rings is 1. The van der Waals surface area contributed by atoms with Crippen LogP contribution >= 0.6 is 0 Å². The van der Waals surface area contributed by atoms with E-state index in [0.29, 0.717) is 22.8 Å². The van der Waals surface area contributed by atoms with Gasteiger partial charge in [-0.2, -0.15) is 0 Å². The molecule has 0 amide bonds. The first-order chi connectivity index (χ1) is 32.8. The molecule has 9 aromatic carbocycles. The number of hydrogen-bond acceptors (Lipinski definition) is 5. The molecule has 13 rings (SSSR count). The maximum atomic E-state index is 7.61.